The van der Waals surface area contributed by atoms with Crippen LogP contribution in [0.15, 0.2) is 0 Å². The van der Waals surface area contributed by atoms with Gasteiger partial charge in [-0.15, -0.1) is 0 Å². The van der Waals surface area contributed by atoms with E-state index in [2.05, 4.69) is 24.2 Å². The van der Waals surface area contributed by atoms with Crippen molar-refractivity contribution in [2.24, 2.45) is 0 Å². The molecule has 0 aliphatic carbocycles. The maximum absolute atomic E-state index is 5.06. The molecule has 0 radical (unpaired) electrons. The number of ether oxygens (including phenoxy) is 1. The fraction of sp³-hybridized carbons (Fsp3) is 1.00. The van der Waals surface area contributed by atoms with E-state index in [9.17, 15) is 0 Å². The Balaban J connectivity index is 3.10. The first-order chi connectivity index (χ1) is 5.70. The van der Waals surface area contributed by atoms with E-state index in [0.717, 1.165) is 19.6 Å². The highest BCUT2D eigenvalue weighted by Gasteiger charge is 1.97. The number of hydrogen-bond acceptors (Lipinski definition) is 3. The molecule has 12 heavy (non-hydrogen) atoms. The van der Waals surface area contributed by atoms with E-state index in [1.165, 1.54) is 6.42 Å². The van der Waals surface area contributed by atoms with Crippen molar-refractivity contribution in [1.29, 1.82) is 0 Å². The third-order valence-corrected chi connectivity index (χ3v) is 2.04. The van der Waals surface area contributed by atoms with E-state index in [0.29, 0.717) is 0 Å². The molecule has 1 N–H and O–H groups in total. The highest BCUT2D eigenvalue weighted by atomic mass is 16.5. The molecule has 0 saturated heterocycles. The van der Waals surface area contributed by atoms with E-state index >= 15 is 0 Å². The minimum Gasteiger partial charge on any atom is -0.367 e. The van der Waals surface area contributed by atoms with Gasteiger partial charge in [0.15, 0.2) is 0 Å². The first-order valence-corrected chi connectivity index (χ1v) is 4.65. The Bertz CT molecular complexity index is 86.5. The monoisotopic (exact) mass is 174 g/mol. The lowest BCUT2D eigenvalue weighted by molar-refractivity contribution is 0.0887. The van der Waals surface area contributed by atoms with E-state index < -0.39 is 0 Å². The zero-order valence-corrected chi connectivity index (χ0v) is 8.76. The van der Waals surface area contributed by atoms with Gasteiger partial charge in [-0.05, 0) is 40.0 Å². The zero-order chi connectivity index (χ0) is 9.40. The van der Waals surface area contributed by atoms with Crippen molar-refractivity contribution in [3.63, 3.8) is 0 Å². The van der Waals surface area contributed by atoms with Crippen LogP contribution in [0.5, 0.6) is 0 Å². The number of methoxy groups -OCH3 is 1. The van der Waals surface area contributed by atoms with Crippen molar-refractivity contribution in [3.05, 3.63) is 0 Å². The SMILES string of the molecule is CCN(C)CCCNC(C)OC. The molecule has 0 aromatic heterocycles. The van der Waals surface area contributed by atoms with Crippen LogP contribution < -0.4 is 5.32 Å². The molecule has 0 rings (SSSR count). The van der Waals surface area contributed by atoms with Crippen LogP contribution in [0.2, 0.25) is 0 Å². The first kappa shape index (κ1) is 11.9. The maximum atomic E-state index is 5.06. The highest BCUT2D eigenvalue weighted by molar-refractivity contribution is 4.52. The first-order valence-electron chi connectivity index (χ1n) is 4.65. The summed E-state index contributed by atoms with van der Waals surface area (Å²) in [6, 6.07) is 0. The second kappa shape index (κ2) is 7.53. The number of hydrogen-bond donors (Lipinski definition) is 1. The Morgan fingerprint density at radius 3 is 2.67 bits per heavy atom. The van der Waals surface area contributed by atoms with Gasteiger partial charge in [0.25, 0.3) is 0 Å². The zero-order valence-electron chi connectivity index (χ0n) is 8.76. The number of rotatable bonds is 7. The van der Waals surface area contributed by atoms with Gasteiger partial charge in [-0.1, -0.05) is 6.92 Å². The summed E-state index contributed by atoms with van der Waals surface area (Å²) < 4.78 is 5.06. The predicted molar refractivity (Wildman–Crippen MR) is 52.3 cm³/mol. The molecule has 0 aliphatic heterocycles. The molecule has 0 aromatic carbocycles. The Morgan fingerprint density at radius 2 is 2.17 bits per heavy atom. The minimum absolute atomic E-state index is 0.178. The van der Waals surface area contributed by atoms with Crippen LogP contribution in [0.1, 0.15) is 20.3 Å². The van der Waals surface area contributed by atoms with Crippen LogP contribution in [-0.4, -0.2) is 44.9 Å². The Morgan fingerprint density at radius 1 is 1.50 bits per heavy atom. The maximum Gasteiger partial charge on any atom is 0.104 e. The van der Waals surface area contributed by atoms with Gasteiger partial charge in [-0.3, -0.25) is 5.32 Å². The van der Waals surface area contributed by atoms with E-state index in [1.807, 2.05) is 6.92 Å². The van der Waals surface area contributed by atoms with Gasteiger partial charge in [0.2, 0.25) is 0 Å². The van der Waals surface area contributed by atoms with Crippen LogP contribution >= 0.6 is 0 Å². The molecule has 0 aromatic rings. The summed E-state index contributed by atoms with van der Waals surface area (Å²) in [5, 5.41) is 3.26. The molecule has 0 heterocycles. The molecule has 0 fully saturated rings. The normalized spacial score (nSPS) is 13.8. The Kier molecular flexibility index (Phi) is 7.45. The molecule has 0 spiro atoms. The average Bonchev–Trinajstić information content (AvgIpc) is 2.11. The molecule has 0 amide bonds. The summed E-state index contributed by atoms with van der Waals surface area (Å²) in [5.74, 6) is 0. The average molecular weight is 174 g/mol. The molecule has 0 bridgehead atoms. The van der Waals surface area contributed by atoms with Crippen molar-refractivity contribution in [2.75, 3.05) is 33.8 Å². The topological polar surface area (TPSA) is 24.5 Å². The van der Waals surface area contributed by atoms with Crippen LogP contribution in [-0.2, 0) is 4.74 Å². The van der Waals surface area contributed by atoms with Gasteiger partial charge in [0.05, 0.1) is 0 Å². The van der Waals surface area contributed by atoms with E-state index in [4.69, 9.17) is 4.74 Å². The molecule has 0 aliphatic rings. The van der Waals surface area contributed by atoms with Crippen molar-refractivity contribution >= 4 is 0 Å². The summed E-state index contributed by atoms with van der Waals surface area (Å²) >= 11 is 0. The molecular formula is C9H22N2O. The fourth-order valence-corrected chi connectivity index (χ4v) is 0.896. The minimum atomic E-state index is 0.178. The largest absolute Gasteiger partial charge is 0.367 e. The summed E-state index contributed by atoms with van der Waals surface area (Å²) in [6.07, 6.45) is 1.36. The fourth-order valence-electron chi connectivity index (χ4n) is 0.896. The summed E-state index contributed by atoms with van der Waals surface area (Å²) in [7, 11) is 3.86. The lowest BCUT2D eigenvalue weighted by Gasteiger charge is -2.15. The Labute approximate surface area is 76.1 Å². The van der Waals surface area contributed by atoms with Gasteiger partial charge in [0.1, 0.15) is 6.23 Å². The molecule has 0 saturated carbocycles. The van der Waals surface area contributed by atoms with Gasteiger partial charge in [0, 0.05) is 7.11 Å². The van der Waals surface area contributed by atoms with Crippen molar-refractivity contribution in [3.8, 4) is 0 Å². The molecule has 1 atom stereocenters. The van der Waals surface area contributed by atoms with E-state index in [1.54, 1.807) is 7.11 Å². The third kappa shape index (κ3) is 6.58. The van der Waals surface area contributed by atoms with Crippen LogP contribution in [0.4, 0.5) is 0 Å². The van der Waals surface area contributed by atoms with Crippen molar-refractivity contribution in [1.82, 2.24) is 10.2 Å². The van der Waals surface area contributed by atoms with E-state index in [-0.39, 0.29) is 6.23 Å². The highest BCUT2D eigenvalue weighted by Crippen LogP contribution is 1.86. The number of nitrogens with zero attached hydrogens (tertiary/aromatic N) is 1. The second-order valence-corrected chi connectivity index (χ2v) is 3.08. The van der Waals surface area contributed by atoms with Gasteiger partial charge in [-0.25, -0.2) is 0 Å². The van der Waals surface area contributed by atoms with Gasteiger partial charge in [-0.2, -0.15) is 0 Å². The van der Waals surface area contributed by atoms with Crippen molar-refractivity contribution < 1.29 is 4.74 Å². The number of nitrogens with one attached hydrogen (secondary N) is 1. The van der Waals surface area contributed by atoms with Crippen LogP contribution in [0.25, 0.3) is 0 Å². The summed E-state index contributed by atoms with van der Waals surface area (Å²) in [5.41, 5.74) is 0. The summed E-state index contributed by atoms with van der Waals surface area (Å²) in [4.78, 5) is 2.30. The Hall–Kier alpha value is -0.120. The van der Waals surface area contributed by atoms with Crippen LogP contribution in [0.3, 0.4) is 0 Å². The lowest BCUT2D eigenvalue weighted by atomic mass is 10.4. The molecule has 3 heteroatoms. The lowest BCUT2D eigenvalue weighted by Crippen LogP contribution is -2.30. The third-order valence-electron chi connectivity index (χ3n) is 2.04. The summed E-state index contributed by atoms with van der Waals surface area (Å²) in [6.45, 7) is 7.49. The van der Waals surface area contributed by atoms with Crippen molar-refractivity contribution in [2.45, 2.75) is 26.5 Å². The second-order valence-electron chi connectivity index (χ2n) is 3.08. The smallest absolute Gasteiger partial charge is 0.104 e. The predicted octanol–water partition coefficient (Wildman–Crippen LogP) is 0.910. The molecular weight excluding hydrogens is 152 g/mol. The molecule has 74 valence electrons. The molecule has 3 nitrogen and oxygen atoms in total. The quantitative estimate of drug-likeness (QED) is 0.458. The van der Waals surface area contributed by atoms with Gasteiger partial charge < -0.3 is 9.64 Å². The standard InChI is InChI=1S/C9H22N2O/c1-5-11(3)8-6-7-10-9(2)12-4/h9-10H,5-8H2,1-4H3. The van der Waals surface area contributed by atoms with Gasteiger partial charge >= 0.3 is 0 Å². The van der Waals surface area contributed by atoms with Crippen LogP contribution in [0, 0.1) is 0 Å². The molecule has 1 unspecified atom stereocenters.